The van der Waals surface area contributed by atoms with Crippen molar-refractivity contribution in [3.05, 3.63) is 66.4 Å². The van der Waals surface area contributed by atoms with Crippen molar-refractivity contribution in [1.82, 2.24) is 9.78 Å². The highest BCUT2D eigenvalue weighted by Crippen LogP contribution is 2.24. The fourth-order valence-electron chi connectivity index (χ4n) is 2.38. The Balaban J connectivity index is 1.94. The fourth-order valence-corrected chi connectivity index (χ4v) is 2.38. The minimum Gasteiger partial charge on any atom is -0.296 e. The Kier molecular flexibility index (Phi) is 3.65. The van der Waals surface area contributed by atoms with Crippen molar-refractivity contribution in [2.24, 2.45) is 0 Å². The molecule has 0 saturated heterocycles. The summed E-state index contributed by atoms with van der Waals surface area (Å²) >= 11 is 0. The molecule has 0 atom stereocenters. The van der Waals surface area contributed by atoms with Crippen LogP contribution in [0.3, 0.4) is 0 Å². The first kappa shape index (κ1) is 13.3. The molecule has 0 spiro atoms. The molecule has 0 fully saturated rings. The molecule has 0 unspecified atom stereocenters. The van der Waals surface area contributed by atoms with Crippen LogP contribution >= 0.6 is 0 Å². The summed E-state index contributed by atoms with van der Waals surface area (Å²) < 4.78 is 1.72. The van der Waals surface area contributed by atoms with Crippen LogP contribution in [0.2, 0.25) is 0 Å². The van der Waals surface area contributed by atoms with E-state index in [1.54, 1.807) is 4.68 Å². The van der Waals surface area contributed by atoms with Gasteiger partial charge in [0.2, 0.25) is 0 Å². The molecule has 0 aliphatic rings. The number of hydrogen-bond acceptors (Lipinski definition) is 2. The average Bonchev–Trinajstić information content (AvgIpc) is 2.99. The standard InChI is InChI=1S/C18H16N2O/c1-2-20-17(13-21)12-18(19-20)16-10-8-15(9-11-16)14-6-4-3-5-7-14/h3-13H,2H2,1H3. The predicted octanol–water partition coefficient (Wildman–Crippen LogP) is 4.05. The monoisotopic (exact) mass is 276 g/mol. The molecule has 104 valence electrons. The zero-order chi connectivity index (χ0) is 14.7. The van der Waals surface area contributed by atoms with E-state index in [2.05, 4.69) is 29.4 Å². The lowest BCUT2D eigenvalue weighted by molar-refractivity contribution is 0.111. The Morgan fingerprint density at radius 2 is 1.57 bits per heavy atom. The zero-order valence-electron chi connectivity index (χ0n) is 11.9. The van der Waals surface area contributed by atoms with Crippen molar-refractivity contribution in [3.63, 3.8) is 0 Å². The number of carbonyl (C=O) groups excluding carboxylic acids is 1. The summed E-state index contributed by atoms with van der Waals surface area (Å²) in [5.74, 6) is 0. The SMILES string of the molecule is CCn1nc(-c2ccc(-c3ccccc3)cc2)cc1C=O. The van der Waals surface area contributed by atoms with Crippen molar-refractivity contribution >= 4 is 6.29 Å². The molecule has 3 nitrogen and oxygen atoms in total. The zero-order valence-corrected chi connectivity index (χ0v) is 11.9. The maximum Gasteiger partial charge on any atom is 0.168 e. The molecule has 0 aliphatic carbocycles. The highest BCUT2D eigenvalue weighted by molar-refractivity contribution is 5.76. The van der Waals surface area contributed by atoms with E-state index < -0.39 is 0 Å². The van der Waals surface area contributed by atoms with Gasteiger partial charge in [-0.3, -0.25) is 9.48 Å². The van der Waals surface area contributed by atoms with Crippen LogP contribution in [0.5, 0.6) is 0 Å². The van der Waals surface area contributed by atoms with E-state index in [4.69, 9.17) is 0 Å². The number of aldehydes is 1. The van der Waals surface area contributed by atoms with Crippen LogP contribution in [0.1, 0.15) is 17.4 Å². The van der Waals surface area contributed by atoms with Gasteiger partial charge in [0.05, 0.1) is 5.69 Å². The van der Waals surface area contributed by atoms with Gasteiger partial charge in [-0.15, -0.1) is 0 Å². The second kappa shape index (κ2) is 5.75. The molecule has 0 saturated carbocycles. The van der Waals surface area contributed by atoms with E-state index in [1.165, 1.54) is 11.1 Å². The summed E-state index contributed by atoms with van der Waals surface area (Å²) in [6.07, 6.45) is 0.846. The lowest BCUT2D eigenvalue weighted by Crippen LogP contribution is -2.00. The lowest BCUT2D eigenvalue weighted by Gasteiger charge is -2.02. The van der Waals surface area contributed by atoms with Crippen LogP contribution in [0.25, 0.3) is 22.4 Å². The number of rotatable bonds is 4. The molecule has 3 rings (SSSR count). The summed E-state index contributed by atoms with van der Waals surface area (Å²) in [6, 6.07) is 20.3. The van der Waals surface area contributed by atoms with Gasteiger partial charge >= 0.3 is 0 Å². The van der Waals surface area contributed by atoms with Gasteiger partial charge < -0.3 is 0 Å². The third kappa shape index (κ3) is 2.63. The average molecular weight is 276 g/mol. The lowest BCUT2D eigenvalue weighted by atomic mass is 10.0. The molecule has 0 aliphatic heterocycles. The van der Waals surface area contributed by atoms with Gasteiger partial charge in [-0.05, 0) is 24.1 Å². The minimum atomic E-state index is 0.611. The Morgan fingerprint density at radius 3 is 2.14 bits per heavy atom. The number of carbonyl (C=O) groups is 1. The molecular weight excluding hydrogens is 260 g/mol. The first-order valence-electron chi connectivity index (χ1n) is 7.00. The maximum absolute atomic E-state index is 11.0. The van der Waals surface area contributed by atoms with E-state index in [-0.39, 0.29) is 0 Å². The number of aryl methyl sites for hydroxylation is 1. The fraction of sp³-hybridized carbons (Fsp3) is 0.111. The normalized spacial score (nSPS) is 10.5. The minimum absolute atomic E-state index is 0.611. The number of hydrogen-bond donors (Lipinski definition) is 0. The van der Waals surface area contributed by atoms with Gasteiger partial charge in [-0.2, -0.15) is 5.10 Å². The maximum atomic E-state index is 11.0. The van der Waals surface area contributed by atoms with Gasteiger partial charge in [0.25, 0.3) is 0 Å². The Hall–Kier alpha value is -2.68. The third-order valence-corrected chi connectivity index (χ3v) is 3.52. The van der Waals surface area contributed by atoms with Crippen LogP contribution < -0.4 is 0 Å². The number of aromatic nitrogens is 2. The molecule has 1 heterocycles. The molecule has 0 radical (unpaired) electrons. The number of benzene rings is 2. The van der Waals surface area contributed by atoms with Crippen molar-refractivity contribution in [2.75, 3.05) is 0 Å². The van der Waals surface area contributed by atoms with E-state index >= 15 is 0 Å². The molecule has 0 amide bonds. The predicted molar refractivity (Wildman–Crippen MR) is 84.2 cm³/mol. The molecule has 3 aromatic rings. The third-order valence-electron chi connectivity index (χ3n) is 3.52. The van der Waals surface area contributed by atoms with Crippen LogP contribution in [0, 0.1) is 0 Å². The molecule has 2 aromatic carbocycles. The van der Waals surface area contributed by atoms with Gasteiger partial charge in [0.1, 0.15) is 5.69 Å². The highest BCUT2D eigenvalue weighted by Gasteiger charge is 2.08. The number of nitrogens with zero attached hydrogens (tertiary/aromatic N) is 2. The molecule has 3 heteroatoms. The second-order valence-corrected chi connectivity index (χ2v) is 4.83. The van der Waals surface area contributed by atoms with Gasteiger partial charge in [-0.1, -0.05) is 54.6 Å². The molecule has 21 heavy (non-hydrogen) atoms. The van der Waals surface area contributed by atoms with Crippen molar-refractivity contribution in [2.45, 2.75) is 13.5 Å². The first-order chi connectivity index (χ1) is 10.3. The van der Waals surface area contributed by atoms with Gasteiger partial charge in [0, 0.05) is 12.1 Å². The summed E-state index contributed by atoms with van der Waals surface area (Å²) in [5.41, 5.74) is 4.82. The van der Waals surface area contributed by atoms with E-state index in [0.717, 1.165) is 17.5 Å². The van der Waals surface area contributed by atoms with Crippen LogP contribution in [0.15, 0.2) is 60.7 Å². The smallest absolute Gasteiger partial charge is 0.168 e. The second-order valence-electron chi connectivity index (χ2n) is 4.83. The van der Waals surface area contributed by atoms with Crippen molar-refractivity contribution < 1.29 is 4.79 Å². The largest absolute Gasteiger partial charge is 0.296 e. The van der Waals surface area contributed by atoms with E-state index in [0.29, 0.717) is 12.2 Å². The van der Waals surface area contributed by atoms with Gasteiger partial charge in [0.15, 0.2) is 6.29 Å². The van der Waals surface area contributed by atoms with Crippen LogP contribution in [-0.2, 0) is 6.54 Å². The Labute approximate surface area is 123 Å². The molecule has 0 N–H and O–H groups in total. The first-order valence-corrected chi connectivity index (χ1v) is 7.00. The topological polar surface area (TPSA) is 34.9 Å². The van der Waals surface area contributed by atoms with Crippen molar-refractivity contribution in [1.29, 1.82) is 0 Å². The molecule has 1 aromatic heterocycles. The summed E-state index contributed by atoms with van der Waals surface area (Å²) in [6.45, 7) is 2.67. The summed E-state index contributed by atoms with van der Waals surface area (Å²) in [7, 11) is 0. The van der Waals surface area contributed by atoms with Crippen LogP contribution in [-0.4, -0.2) is 16.1 Å². The van der Waals surface area contributed by atoms with E-state index in [9.17, 15) is 4.79 Å². The van der Waals surface area contributed by atoms with E-state index in [1.807, 2.05) is 43.3 Å². The molecule has 0 bridgehead atoms. The van der Waals surface area contributed by atoms with Crippen LogP contribution in [0.4, 0.5) is 0 Å². The van der Waals surface area contributed by atoms with Gasteiger partial charge in [-0.25, -0.2) is 0 Å². The Bertz CT molecular complexity index is 743. The molecular formula is C18H16N2O. The summed E-state index contributed by atoms with van der Waals surface area (Å²) in [4.78, 5) is 11.0. The Morgan fingerprint density at radius 1 is 0.952 bits per heavy atom. The highest BCUT2D eigenvalue weighted by atomic mass is 16.1. The van der Waals surface area contributed by atoms with Crippen molar-refractivity contribution in [3.8, 4) is 22.4 Å². The quantitative estimate of drug-likeness (QED) is 0.674. The summed E-state index contributed by atoms with van der Waals surface area (Å²) in [5, 5.41) is 4.46.